The Hall–Kier alpha value is -1.96. The molecule has 2 nitrogen and oxygen atoms in total. The van der Waals surface area contributed by atoms with Crippen molar-refractivity contribution in [1.82, 2.24) is 0 Å². The normalized spacial score (nSPS) is 14.6. The second-order valence-electron chi connectivity index (χ2n) is 7.90. The van der Waals surface area contributed by atoms with Gasteiger partial charge >= 0.3 is 30.9 Å². The number of halogens is 16. The zero-order valence-electron chi connectivity index (χ0n) is 18.4. The first-order valence-electron chi connectivity index (χ1n) is 9.90. The minimum absolute atomic E-state index is 0.103. The van der Waals surface area contributed by atoms with Crippen LogP contribution in [0.4, 0.5) is 65.9 Å². The highest BCUT2D eigenvalue weighted by molar-refractivity contribution is 14.1. The molecule has 0 aliphatic rings. The predicted molar refractivity (Wildman–Crippen MR) is 110 cm³/mol. The second-order valence-corrected chi connectivity index (χ2v) is 9.15. The lowest BCUT2D eigenvalue weighted by atomic mass is 9.90. The van der Waals surface area contributed by atoms with Gasteiger partial charge in [-0.3, -0.25) is 0 Å². The van der Waals surface area contributed by atoms with Gasteiger partial charge in [-0.1, -0.05) is 24.3 Å². The van der Waals surface area contributed by atoms with Crippen molar-refractivity contribution in [3.05, 3.63) is 68.3 Å². The van der Waals surface area contributed by atoms with Crippen molar-refractivity contribution in [2.45, 2.75) is 48.5 Å². The summed E-state index contributed by atoms with van der Waals surface area (Å²) in [5.74, 6) is 0. The molecule has 0 aromatic heterocycles. The smallest absolute Gasteiger partial charge is 0.369 e. The molecule has 0 saturated heterocycles. The monoisotopic (exact) mass is 708 g/mol. The van der Waals surface area contributed by atoms with Gasteiger partial charge in [0, 0.05) is 14.7 Å². The molecule has 2 aromatic carbocycles. The maximum Gasteiger partial charge on any atom is 0.430 e. The van der Waals surface area contributed by atoms with Gasteiger partial charge in [0.05, 0.1) is 12.2 Å². The highest BCUT2D eigenvalue weighted by atomic mass is 127. The third-order valence-electron chi connectivity index (χ3n) is 5.33. The van der Waals surface area contributed by atoms with Gasteiger partial charge in [0.1, 0.15) is 0 Å². The van der Waals surface area contributed by atoms with E-state index in [1.54, 1.807) is 0 Å². The topological polar surface area (TPSA) is 29.5 Å². The summed E-state index contributed by atoms with van der Waals surface area (Å²) in [6, 6.07) is 1.17. The molecule has 0 spiro atoms. The third-order valence-corrected chi connectivity index (χ3v) is 5.95. The van der Waals surface area contributed by atoms with Crippen molar-refractivity contribution < 1.29 is 75.7 Å². The van der Waals surface area contributed by atoms with Gasteiger partial charge in [-0.05, 0) is 52.8 Å². The van der Waals surface area contributed by atoms with Crippen molar-refractivity contribution >= 4 is 22.6 Å². The van der Waals surface area contributed by atoms with Gasteiger partial charge in [-0.25, -0.2) is 0 Å². The van der Waals surface area contributed by atoms with Crippen molar-refractivity contribution in [2.75, 3.05) is 6.61 Å². The second kappa shape index (κ2) is 10.5. The van der Waals surface area contributed by atoms with Crippen LogP contribution in [0.3, 0.4) is 0 Å². The van der Waals surface area contributed by atoms with Crippen LogP contribution in [-0.4, -0.2) is 36.4 Å². The Morgan fingerprint density at radius 3 is 1.41 bits per heavy atom. The Morgan fingerprint density at radius 2 is 1.03 bits per heavy atom. The van der Waals surface area contributed by atoms with Crippen LogP contribution in [0.1, 0.15) is 22.3 Å². The molecule has 2 aromatic rings. The first-order chi connectivity index (χ1) is 17.3. The lowest BCUT2D eigenvalue weighted by molar-refractivity contribution is -0.389. The van der Waals surface area contributed by atoms with Gasteiger partial charge in [0.15, 0.2) is 0 Å². The lowest BCUT2D eigenvalue weighted by Gasteiger charge is -2.38. The zero-order valence-corrected chi connectivity index (χ0v) is 20.5. The quantitative estimate of drug-likeness (QED) is 0.242. The van der Waals surface area contributed by atoms with Crippen LogP contribution in [-0.2, 0) is 28.5 Å². The summed E-state index contributed by atoms with van der Waals surface area (Å²) in [5.41, 5.74) is -16.6. The maximum atomic E-state index is 13.9. The summed E-state index contributed by atoms with van der Waals surface area (Å²) in [5, 5.41) is 9.33. The molecule has 0 fully saturated rings. The van der Waals surface area contributed by atoms with E-state index < -0.39 is 87.0 Å². The molecule has 2 rings (SSSR count). The molecule has 39 heavy (non-hydrogen) atoms. The molecule has 0 bridgehead atoms. The molecule has 0 amide bonds. The Balaban J connectivity index is 2.48. The van der Waals surface area contributed by atoms with Crippen LogP contribution in [0.5, 0.6) is 0 Å². The van der Waals surface area contributed by atoms with Crippen LogP contribution in [0.25, 0.3) is 0 Å². The van der Waals surface area contributed by atoms with Crippen LogP contribution >= 0.6 is 22.6 Å². The van der Waals surface area contributed by atoms with E-state index in [9.17, 15) is 71.0 Å². The van der Waals surface area contributed by atoms with E-state index in [4.69, 9.17) is 0 Å². The van der Waals surface area contributed by atoms with Crippen LogP contribution < -0.4 is 0 Å². The molecule has 0 aliphatic carbocycles. The van der Waals surface area contributed by atoms with Crippen molar-refractivity contribution in [2.24, 2.45) is 0 Å². The number of ether oxygens (including phenoxy) is 1. The lowest BCUT2D eigenvalue weighted by Crippen LogP contribution is -2.56. The minimum Gasteiger partial charge on any atom is -0.369 e. The van der Waals surface area contributed by atoms with E-state index >= 15 is 0 Å². The molecule has 0 heterocycles. The largest absolute Gasteiger partial charge is 0.430 e. The Labute approximate surface area is 221 Å². The first-order valence-corrected chi connectivity index (χ1v) is 11.0. The summed E-state index contributed by atoms with van der Waals surface area (Å²) in [4.78, 5) is 0. The van der Waals surface area contributed by atoms with E-state index in [0.717, 1.165) is 22.6 Å². The van der Waals surface area contributed by atoms with Crippen LogP contribution in [0.2, 0.25) is 0 Å². The van der Waals surface area contributed by atoms with Gasteiger partial charge in [0.2, 0.25) is 0 Å². The number of alkyl halides is 15. The Kier molecular flexibility index (Phi) is 8.92. The average Bonchev–Trinajstić information content (AvgIpc) is 2.72. The number of rotatable bonds is 6. The average molecular weight is 708 g/mol. The molecule has 1 N–H and O–H groups in total. The molecule has 0 unspecified atom stereocenters. The van der Waals surface area contributed by atoms with Gasteiger partial charge in [0.25, 0.3) is 11.2 Å². The minimum atomic E-state index is -6.38. The number of hydrogen-bond acceptors (Lipinski definition) is 2. The van der Waals surface area contributed by atoms with Crippen molar-refractivity contribution in [3.8, 4) is 0 Å². The van der Waals surface area contributed by atoms with Crippen LogP contribution in [0, 0.1) is 3.57 Å². The zero-order chi connectivity index (χ0) is 30.5. The summed E-state index contributed by atoms with van der Waals surface area (Å²) < 4.78 is 204. The molecule has 18 heteroatoms. The molecule has 0 radical (unpaired) electrons. The maximum absolute atomic E-state index is 13.9. The molecular formula is C21H12F15IO2. The summed E-state index contributed by atoms with van der Waals surface area (Å²) >= 11 is 1.06. The van der Waals surface area contributed by atoms with Crippen molar-refractivity contribution in [1.29, 1.82) is 0 Å². The summed E-state index contributed by atoms with van der Waals surface area (Å²) in [6.07, 6.45) is -31.6. The van der Waals surface area contributed by atoms with E-state index in [2.05, 4.69) is 4.74 Å². The molecule has 0 aliphatic heterocycles. The highest BCUT2D eigenvalue weighted by Crippen LogP contribution is 2.54. The fraction of sp³-hybridized carbons (Fsp3) is 0.429. The van der Waals surface area contributed by atoms with Gasteiger partial charge < -0.3 is 9.84 Å². The predicted octanol–water partition coefficient (Wildman–Crippen LogP) is 8.20. The highest BCUT2D eigenvalue weighted by Gasteiger charge is 2.74. The fourth-order valence-corrected chi connectivity index (χ4v) is 4.09. The van der Waals surface area contributed by atoms with Crippen molar-refractivity contribution in [3.63, 3.8) is 0 Å². The number of benzene rings is 2. The standard InChI is InChI=1S/C21H12F15IO2/c22-17(23,24)13-7-12(8-14(37)9-13)16(20(31,32)33,21(34,35)36)39-6-5-10-1-3-11(4-2-10)15(38,18(25,26)27)19(28,29)30/h1-4,7-9,38H,5-6H2. The van der Waals surface area contributed by atoms with Gasteiger partial charge in [-0.2, -0.15) is 65.9 Å². The first kappa shape index (κ1) is 33.2. The number of aliphatic hydroxyl groups is 1. The Morgan fingerprint density at radius 1 is 0.590 bits per heavy atom. The van der Waals surface area contributed by atoms with E-state index in [0.29, 0.717) is 12.1 Å². The van der Waals surface area contributed by atoms with E-state index in [1.807, 2.05) is 0 Å². The SMILES string of the molecule is OC(c1ccc(CCOC(c2cc(I)cc(C(F)(F)F)c2)(C(F)(F)F)C(F)(F)F)cc1)(C(F)(F)F)C(F)(F)F. The van der Waals surface area contributed by atoms with E-state index in [1.165, 1.54) is 0 Å². The third kappa shape index (κ3) is 6.36. The molecule has 0 saturated carbocycles. The molecular weight excluding hydrogens is 696 g/mol. The fourth-order valence-electron chi connectivity index (χ4n) is 3.41. The van der Waals surface area contributed by atoms with Crippen LogP contribution in [0.15, 0.2) is 42.5 Å². The summed E-state index contributed by atoms with van der Waals surface area (Å²) in [6.45, 7) is -1.55. The van der Waals surface area contributed by atoms with E-state index in [-0.39, 0.29) is 24.3 Å². The molecule has 220 valence electrons. The number of hydrogen-bond donors (Lipinski definition) is 1. The molecule has 0 atom stereocenters. The van der Waals surface area contributed by atoms with Gasteiger partial charge in [-0.15, -0.1) is 0 Å². The summed E-state index contributed by atoms with van der Waals surface area (Å²) in [7, 11) is 0. The Bertz CT molecular complexity index is 1110.